The van der Waals surface area contributed by atoms with Crippen molar-refractivity contribution in [1.29, 1.82) is 0 Å². The molecule has 194 valence electrons. The van der Waals surface area contributed by atoms with Crippen molar-refractivity contribution in [3.63, 3.8) is 0 Å². The maximum atomic E-state index is 12.6. The standard InChI is InChI=1S/C31H47NO3/c1-20(9-14-29(35)32-19-21-7-5-4-6-8-21)25-12-13-26-24-11-10-22-17-23(33)15-16-30(22,2)27(24)18-28(34)31(25,26)3/h4-8,20,22-28,33-34H,9-19H2,1-3H3,(H,32,35)/t20-,22+,23-,24+,25+,26-,27-,28+,30+,31-/m1/s1. The van der Waals surface area contributed by atoms with Crippen molar-refractivity contribution in [2.75, 3.05) is 0 Å². The average molecular weight is 482 g/mol. The van der Waals surface area contributed by atoms with Crippen molar-refractivity contribution < 1.29 is 15.0 Å². The molecular weight excluding hydrogens is 434 g/mol. The van der Waals surface area contributed by atoms with Crippen LogP contribution in [0.25, 0.3) is 0 Å². The molecule has 4 heteroatoms. The number of amides is 1. The number of rotatable bonds is 6. The molecule has 10 atom stereocenters. The van der Waals surface area contributed by atoms with Gasteiger partial charge in [0.1, 0.15) is 0 Å². The van der Waals surface area contributed by atoms with E-state index < -0.39 is 0 Å². The molecule has 0 saturated heterocycles. The van der Waals surface area contributed by atoms with Crippen LogP contribution >= 0.6 is 0 Å². The maximum absolute atomic E-state index is 12.6. The molecule has 4 saturated carbocycles. The summed E-state index contributed by atoms with van der Waals surface area (Å²) in [5, 5.41) is 25.1. The van der Waals surface area contributed by atoms with Crippen LogP contribution in [0, 0.1) is 46.3 Å². The van der Waals surface area contributed by atoms with Crippen LogP contribution in [-0.2, 0) is 11.3 Å². The lowest BCUT2D eigenvalue weighted by Gasteiger charge is -2.62. The number of aliphatic hydroxyl groups is 2. The summed E-state index contributed by atoms with van der Waals surface area (Å²) in [6, 6.07) is 10.1. The SMILES string of the molecule is C[C@H](CCC(=O)NCc1ccccc1)[C@@H]1CC[C@@H]2[C@@H]3CC[C@H]4C[C@H](O)CC[C@]4(C)[C@@H]3C[C@H](O)[C@@]21C. The summed E-state index contributed by atoms with van der Waals surface area (Å²) in [5.41, 5.74) is 1.39. The molecule has 5 rings (SSSR count). The zero-order chi connectivity index (χ0) is 24.8. The van der Waals surface area contributed by atoms with E-state index in [0.29, 0.717) is 48.5 Å². The van der Waals surface area contributed by atoms with Gasteiger partial charge < -0.3 is 15.5 Å². The largest absolute Gasteiger partial charge is 0.393 e. The Morgan fingerprint density at radius 1 is 1.03 bits per heavy atom. The van der Waals surface area contributed by atoms with Gasteiger partial charge in [0.25, 0.3) is 0 Å². The summed E-state index contributed by atoms with van der Waals surface area (Å²) >= 11 is 0. The molecule has 3 N–H and O–H groups in total. The molecule has 1 aromatic carbocycles. The minimum absolute atomic E-state index is 0.0293. The fourth-order valence-corrected chi connectivity index (χ4v) is 9.61. The lowest BCUT2D eigenvalue weighted by molar-refractivity contribution is -0.174. The topological polar surface area (TPSA) is 69.6 Å². The van der Waals surface area contributed by atoms with Crippen molar-refractivity contribution >= 4 is 5.91 Å². The van der Waals surface area contributed by atoms with Gasteiger partial charge in [-0.1, -0.05) is 51.1 Å². The monoisotopic (exact) mass is 481 g/mol. The summed E-state index contributed by atoms with van der Waals surface area (Å²) < 4.78 is 0. The second-order valence-electron chi connectivity index (χ2n) is 13.2. The third-order valence-electron chi connectivity index (χ3n) is 11.7. The normalized spacial score (nSPS) is 43.5. The molecular formula is C31H47NO3. The first-order valence-corrected chi connectivity index (χ1v) is 14.4. The van der Waals surface area contributed by atoms with E-state index in [1.54, 1.807) is 0 Å². The first-order chi connectivity index (χ1) is 16.7. The van der Waals surface area contributed by atoms with Crippen LogP contribution in [0.2, 0.25) is 0 Å². The van der Waals surface area contributed by atoms with Crippen molar-refractivity contribution in [2.24, 2.45) is 46.3 Å². The lowest BCUT2D eigenvalue weighted by atomic mass is 9.43. The molecule has 0 spiro atoms. The zero-order valence-corrected chi connectivity index (χ0v) is 22.1. The van der Waals surface area contributed by atoms with Gasteiger partial charge in [0.05, 0.1) is 12.2 Å². The molecule has 4 fully saturated rings. The van der Waals surface area contributed by atoms with E-state index in [4.69, 9.17) is 0 Å². The predicted molar refractivity (Wildman–Crippen MR) is 139 cm³/mol. The van der Waals surface area contributed by atoms with Gasteiger partial charge >= 0.3 is 0 Å². The number of fused-ring (bicyclic) bond motifs is 5. The van der Waals surface area contributed by atoms with E-state index in [0.717, 1.165) is 37.7 Å². The predicted octanol–water partition coefficient (Wildman–Crippen LogP) is 5.71. The summed E-state index contributed by atoms with van der Waals surface area (Å²) in [7, 11) is 0. The highest BCUT2D eigenvalue weighted by Crippen LogP contribution is 2.68. The molecule has 4 aliphatic carbocycles. The third kappa shape index (κ3) is 4.48. The Morgan fingerprint density at radius 3 is 2.57 bits per heavy atom. The highest BCUT2D eigenvalue weighted by atomic mass is 16.3. The molecule has 0 aliphatic heterocycles. The van der Waals surface area contributed by atoms with Gasteiger partial charge in [-0.25, -0.2) is 0 Å². The number of hydrogen-bond acceptors (Lipinski definition) is 3. The van der Waals surface area contributed by atoms with E-state index >= 15 is 0 Å². The van der Waals surface area contributed by atoms with E-state index in [2.05, 4.69) is 26.1 Å². The van der Waals surface area contributed by atoms with Crippen molar-refractivity contribution in [2.45, 2.75) is 104 Å². The fraction of sp³-hybridized carbons (Fsp3) is 0.774. The average Bonchev–Trinajstić information content (AvgIpc) is 3.22. The molecule has 4 nitrogen and oxygen atoms in total. The van der Waals surface area contributed by atoms with E-state index in [-0.39, 0.29) is 28.9 Å². The Labute approximate surface area is 212 Å². The van der Waals surface area contributed by atoms with Gasteiger partial charge in [-0.2, -0.15) is 0 Å². The molecule has 0 radical (unpaired) electrons. The van der Waals surface area contributed by atoms with E-state index in [1.807, 2.05) is 30.3 Å². The van der Waals surface area contributed by atoms with E-state index in [9.17, 15) is 15.0 Å². The molecule has 4 aliphatic rings. The Morgan fingerprint density at radius 2 is 1.80 bits per heavy atom. The number of carbonyl (C=O) groups is 1. The van der Waals surface area contributed by atoms with E-state index in [1.165, 1.54) is 25.7 Å². The number of hydrogen-bond donors (Lipinski definition) is 3. The Bertz CT molecular complexity index is 888. The van der Waals surface area contributed by atoms with Gasteiger partial charge in [0, 0.05) is 13.0 Å². The van der Waals surface area contributed by atoms with Gasteiger partial charge in [-0.05, 0) is 110 Å². The van der Waals surface area contributed by atoms with Crippen LogP contribution in [0.1, 0.15) is 90.5 Å². The van der Waals surface area contributed by atoms with Crippen molar-refractivity contribution in [3.8, 4) is 0 Å². The first kappa shape index (κ1) is 25.3. The smallest absolute Gasteiger partial charge is 0.220 e. The zero-order valence-electron chi connectivity index (χ0n) is 22.1. The maximum Gasteiger partial charge on any atom is 0.220 e. The molecule has 0 aromatic heterocycles. The summed E-state index contributed by atoms with van der Waals surface area (Å²) in [5.74, 6) is 3.59. The summed E-state index contributed by atoms with van der Waals surface area (Å²) in [6.45, 7) is 7.79. The third-order valence-corrected chi connectivity index (χ3v) is 11.7. The minimum Gasteiger partial charge on any atom is -0.393 e. The molecule has 0 unspecified atom stereocenters. The second-order valence-corrected chi connectivity index (χ2v) is 13.2. The lowest BCUT2D eigenvalue weighted by Crippen LogP contribution is -2.58. The van der Waals surface area contributed by atoms with Crippen molar-refractivity contribution in [3.05, 3.63) is 35.9 Å². The highest BCUT2D eigenvalue weighted by Gasteiger charge is 2.63. The van der Waals surface area contributed by atoms with Crippen molar-refractivity contribution in [1.82, 2.24) is 5.32 Å². The fourth-order valence-electron chi connectivity index (χ4n) is 9.61. The summed E-state index contributed by atoms with van der Waals surface area (Å²) in [4.78, 5) is 12.6. The quantitative estimate of drug-likeness (QED) is 0.487. The van der Waals surface area contributed by atoms with Crippen LogP contribution in [0.3, 0.4) is 0 Å². The molecule has 1 amide bonds. The van der Waals surface area contributed by atoms with Gasteiger partial charge in [-0.3, -0.25) is 4.79 Å². The summed E-state index contributed by atoms with van der Waals surface area (Å²) in [6.07, 6.45) is 9.97. The minimum atomic E-state index is -0.252. The van der Waals surface area contributed by atoms with Crippen LogP contribution in [0.4, 0.5) is 0 Å². The Kier molecular flexibility index (Phi) is 7.09. The highest BCUT2D eigenvalue weighted by molar-refractivity contribution is 5.75. The first-order valence-electron chi connectivity index (χ1n) is 14.4. The number of aliphatic hydroxyl groups excluding tert-OH is 2. The Hall–Kier alpha value is -1.39. The van der Waals surface area contributed by atoms with Gasteiger partial charge in [-0.15, -0.1) is 0 Å². The second kappa shape index (κ2) is 9.82. The molecule has 0 bridgehead atoms. The van der Waals surface area contributed by atoms with Crippen LogP contribution in [0.5, 0.6) is 0 Å². The molecule has 1 aromatic rings. The number of carbonyl (C=O) groups excluding carboxylic acids is 1. The number of benzene rings is 1. The van der Waals surface area contributed by atoms with Crippen LogP contribution in [0.15, 0.2) is 30.3 Å². The number of nitrogens with one attached hydrogen (secondary N) is 1. The van der Waals surface area contributed by atoms with Gasteiger partial charge in [0.2, 0.25) is 5.91 Å². The molecule has 0 heterocycles. The van der Waals surface area contributed by atoms with Gasteiger partial charge in [0.15, 0.2) is 0 Å². The Balaban J connectivity index is 1.22. The van der Waals surface area contributed by atoms with Crippen LogP contribution in [-0.4, -0.2) is 28.3 Å². The molecule has 35 heavy (non-hydrogen) atoms. The van der Waals surface area contributed by atoms with Crippen LogP contribution < -0.4 is 5.32 Å².